The molecule has 0 spiro atoms. The van der Waals surface area contributed by atoms with Gasteiger partial charge in [0.15, 0.2) is 0 Å². The molecule has 3 atom stereocenters. The SMILES string of the molecule is CC1c2ccccc2SC1C(Nc1ccc(C(=O)N(C)CCC(=O)O)cc1)C1CCCCC1. The summed E-state index contributed by atoms with van der Waals surface area (Å²) in [4.78, 5) is 26.3. The molecule has 176 valence electrons. The van der Waals surface area contributed by atoms with E-state index in [9.17, 15) is 9.59 Å². The Balaban J connectivity index is 1.49. The normalized spacial score (nSPS) is 21.3. The van der Waals surface area contributed by atoms with Crippen molar-refractivity contribution in [2.24, 2.45) is 5.92 Å². The number of aliphatic carboxylic acids is 1. The summed E-state index contributed by atoms with van der Waals surface area (Å²) in [6, 6.07) is 16.8. The predicted molar refractivity (Wildman–Crippen MR) is 134 cm³/mol. The number of hydrogen-bond acceptors (Lipinski definition) is 4. The summed E-state index contributed by atoms with van der Waals surface area (Å²) in [5, 5.41) is 13.2. The molecule has 1 heterocycles. The second kappa shape index (κ2) is 10.6. The van der Waals surface area contributed by atoms with Gasteiger partial charge in [-0.05, 0) is 60.6 Å². The van der Waals surface area contributed by atoms with Crippen LogP contribution in [0.1, 0.15) is 67.3 Å². The molecule has 2 aromatic carbocycles. The van der Waals surface area contributed by atoms with Crippen molar-refractivity contribution >= 4 is 29.3 Å². The number of fused-ring (bicyclic) bond motifs is 1. The molecular weight excluding hydrogens is 432 g/mol. The van der Waals surface area contributed by atoms with Crippen LogP contribution in [0.25, 0.3) is 0 Å². The van der Waals surface area contributed by atoms with Crippen molar-refractivity contribution in [3.8, 4) is 0 Å². The molecule has 0 aromatic heterocycles. The number of hydrogen-bond donors (Lipinski definition) is 2. The van der Waals surface area contributed by atoms with Crippen LogP contribution in [0.3, 0.4) is 0 Å². The highest BCUT2D eigenvalue weighted by atomic mass is 32.2. The fourth-order valence-electron chi connectivity index (χ4n) is 5.22. The maximum Gasteiger partial charge on any atom is 0.305 e. The second-order valence-corrected chi connectivity index (χ2v) is 10.6. The lowest BCUT2D eigenvalue weighted by atomic mass is 9.79. The van der Waals surface area contributed by atoms with Crippen LogP contribution in [0, 0.1) is 5.92 Å². The van der Waals surface area contributed by atoms with Crippen LogP contribution in [0.15, 0.2) is 53.4 Å². The van der Waals surface area contributed by atoms with Gasteiger partial charge in [0.1, 0.15) is 0 Å². The van der Waals surface area contributed by atoms with Crippen molar-refractivity contribution < 1.29 is 14.7 Å². The first-order chi connectivity index (χ1) is 15.9. The Morgan fingerprint density at radius 3 is 2.45 bits per heavy atom. The average molecular weight is 467 g/mol. The summed E-state index contributed by atoms with van der Waals surface area (Å²) in [7, 11) is 1.65. The third-order valence-corrected chi connectivity index (χ3v) is 8.75. The number of carboxylic acid groups (broad SMARTS) is 1. The molecule has 4 rings (SSSR count). The van der Waals surface area contributed by atoms with E-state index >= 15 is 0 Å². The van der Waals surface area contributed by atoms with Gasteiger partial charge in [-0.25, -0.2) is 0 Å². The Morgan fingerprint density at radius 1 is 1.09 bits per heavy atom. The van der Waals surface area contributed by atoms with Crippen molar-refractivity contribution in [3.63, 3.8) is 0 Å². The molecule has 3 unspecified atom stereocenters. The number of rotatable bonds is 8. The fraction of sp³-hybridized carbons (Fsp3) is 0.481. The summed E-state index contributed by atoms with van der Waals surface area (Å²) >= 11 is 2.01. The van der Waals surface area contributed by atoms with Crippen LogP contribution >= 0.6 is 11.8 Å². The molecule has 2 aliphatic rings. The molecule has 0 bridgehead atoms. The largest absolute Gasteiger partial charge is 0.481 e. The van der Waals surface area contributed by atoms with E-state index in [4.69, 9.17) is 5.11 Å². The second-order valence-electron chi connectivity index (χ2n) is 9.42. The van der Waals surface area contributed by atoms with Gasteiger partial charge in [-0.3, -0.25) is 9.59 Å². The number of carbonyl (C=O) groups is 2. The Labute approximate surface area is 201 Å². The number of anilines is 1. The van der Waals surface area contributed by atoms with E-state index in [1.807, 2.05) is 36.0 Å². The maximum absolute atomic E-state index is 12.6. The van der Waals surface area contributed by atoms with E-state index in [0.717, 1.165) is 5.69 Å². The fourth-order valence-corrected chi connectivity index (χ4v) is 6.85. The lowest BCUT2D eigenvalue weighted by Gasteiger charge is -2.37. The first-order valence-electron chi connectivity index (χ1n) is 12.0. The number of thioether (sulfide) groups is 1. The first kappa shape index (κ1) is 23.7. The van der Waals surface area contributed by atoms with E-state index in [2.05, 4.69) is 36.5 Å². The summed E-state index contributed by atoms with van der Waals surface area (Å²) in [6.07, 6.45) is 6.43. The summed E-state index contributed by atoms with van der Waals surface area (Å²) in [6.45, 7) is 2.56. The summed E-state index contributed by atoms with van der Waals surface area (Å²) in [5.74, 6) is 0.0944. The Bertz CT molecular complexity index is 972. The highest BCUT2D eigenvalue weighted by Gasteiger charge is 2.39. The molecular formula is C27H34N2O3S. The lowest BCUT2D eigenvalue weighted by molar-refractivity contribution is -0.137. The minimum atomic E-state index is -0.899. The number of benzene rings is 2. The topological polar surface area (TPSA) is 69.6 Å². The molecule has 1 aliphatic heterocycles. The molecule has 1 saturated carbocycles. The Morgan fingerprint density at radius 2 is 1.79 bits per heavy atom. The van der Waals surface area contributed by atoms with Crippen molar-refractivity contribution in [1.29, 1.82) is 0 Å². The molecule has 6 heteroatoms. The Kier molecular flexibility index (Phi) is 7.63. The highest BCUT2D eigenvalue weighted by molar-refractivity contribution is 8.00. The minimum Gasteiger partial charge on any atom is -0.481 e. The number of carboxylic acids is 1. The summed E-state index contributed by atoms with van der Waals surface area (Å²) in [5.41, 5.74) is 3.08. The minimum absolute atomic E-state index is 0.0510. The zero-order valence-electron chi connectivity index (χ0n) is 19.5. The molecule has 2 aromatic rings. The smallest absolute Gasteiger partial charge is 0.305 e. The molecule has 2 N–H and O–H groups in total. The van der Waals surface area contributed by atoms with E-state index < -0.39 is 5.97 Å². The molecule has 5 nitrogen and oxygen atoms in total. The van der Waals surface area contributed by atoms with E-state index in [1.54, 1.807) is 7.05 Å². The van der Waals surface area contributed by atoms with Crippen LogP contribution in [0.2, 0.25) is 0 Å². The molecule has 0 radical (unpaired) electrons. The van der Waals surface area contributed by atoms with Gasteiger partial charge in [-0.15, -0.1) is 11.8 Å². The van der Waals surface area contributed by atoms with Gasteiger partial charge in [0.2, 0.25) is 0 Å². The van der Waals surface area contributed by atoms with Gasteiger partial charge in [-0.2, -0.15) is 0 Å². The molecule has 33 heavy (non-hydrogen) atoms. The van der Waals surface area contributed by atoms with Crippen molar-refractivity contribution in [1.82, 2.24) is 4.90 Å². The zero-order valence-corrected chi connectivity index (χ0v) is 20.3. The predicted octanol–water partition coefficient (Wildman–Crippen LogP) is 5.87. The van der Waals surface area contributed by atoms with Crippen LogP contribution < -0.4 is 5.32 Å². The maximum atomic E-state index is 12.6. The van der Waals surface area contributed by atoms with Crippen molar-refractivity contribution in [2.75, 3.05) is 18.9 Å². The molecule has 1 amide bonds. The monoisotopic (exact) mass is 466 g/mol. The Hall–Kier alpha value is -2.47. The number of carbonyl (C=O) groups excluding carboxylic acids is 1. The number of nitrogens with zero attached hydrogens (tertiary/aromatic N) is 1. The van der Waals surface area contributed by atoms with E-state index in [0.29, 0.717) is 28.7 Å². The van der Waals surface area contributed by atoms with Gasteiger partial charge < -0.3 is 15.3 Å². The number of amides is 1. The zero-order chi connectivity index (χ0) is 23.4. The quantitative estimate of drug-likeness (QED) is 0.509. The van der Waals surface area contributed by atoms with E-state index in [-0.39, 0.29) is 18.9 Å². The van der Waals surface area contributed by atoms with Crippen LogP contribution in [-0.2, 0) is 4.79 Å². The lowest BCUT2D eigenvalue weighted by Crippen LogP contribution is -2.40. The standard InChI is InChI=1S/C27H34N2O3S/c1-18-22-10-6-7-11-23(22)33-26(18)25(19-8-4-3-5-9-19)28-21-14-12-20(13-15-21)27(32)29(2)17-16-24(30)31/h6-7,10-15,18-19,25-26,28H,3-5,8-9,16-17H2,1-2H3,(H,30,31). The van der Waals surface area contributed by atoms with Gasteiger partial charge in [0, 0.05) is 41.0 Å². The van der Waals surface area contributed by atoms with Crippen molar-refractivity contribution in [3.05, 3.63) is 59.7 Å². The third kappa shape index (κ3) is 5.55. The first-order valence-corrected chi connectivity index (χ1v) is 12.9. The van der Waals surface area contributed by atoms with Gasteiger partial charge in [0.25, 0.3) is 5.91 Å². The highest BCUT2D eigenvalue weighted by Crippen LogP contribution is 2.49. The van der Waals surface area contributed by atoms with E-state index in [1.165, 1.54) is 47.5 Å². The van der Waals surface area contributed by atoms with Crippen LogP contribution in [0.5, 0.6) is 0 Å². The third-order valence-electron chi connectivity index (χ3n) is 7.15. The van der Waals surface area contributed by atoms with Crippen LogP contribution in [0.4, 0.5) is 5.69 Å². The molecule has 1 fully saturated rings. The number of nitrogens with one attached hydrogen (secondary N) is 1. The molecule has 1 aliphatic carbocycles. The summed E-state index contributed by atoms with van der Waals surface area (Å²) < 4.78 is 0. The molecule has 0 saturated heterocycles. The van der Waals surface area contributed by atoms with Gasteiger partial charge in [0.05, 0.1) is 6.42 Å². The van der Waals surface area contributed by atoms with Crippen molar-refractivity contribution in [2.45, 2.75) is 67.6 Å². The average Bonchev–Trinajstić information content (AvgIpc) is 3.17. The van der Waals surface area contributed by atoms with Gasteiger partial charge in [-0.1, -0.05) is 44.4 Å². The van der Waals surface area contributed by atoms with Crippen LogP contribution in [-0.4, -0.2) is 46.8 Å². The van der Waals surface area contributed by atoms with Gasteiger partial charge >= 0.3 is 5.97 Å².